The first kappa shape index (κ1) is 19.8. The molecule has 0 saturated heterocycles. The second kappa shape index (κ2) is 7.55. The molecule has 0 aliphatic carbocycles. The van der Waals surface area contributed by atoms with Crippen LogP contribution in [0, 0.1) is 0 Å². The second-order valence-electron chi connectivity index (χ2n) is 7.36. The number of carbonyl (C=O) groups excluding carboxylic acids is 2. The monoisotopic (exact) mass is 337 g/mol. The number of esters is 1. The lowest BCUT2D eigenvalue weighted by Gasteiger charge is -2.24. The molecule has 0 amide bonds. The SMILES string of the molecule is CCC(=O)ONc1ccc(C(=O)OC(C)(C)C)cc1OC(C)(C)C. The van der Waals surface area contributed by atoms with Gasteiger partial charge in [-0.1, -0.05) is 6.92 Å². The van der Waals surface area contributed by atoms with Gasteiger partial charge in [0, 0.05) is 6.42 Å². The molecule has 6 nitrogen and oxygen atoms in total. The Kier molecular flexibility index (Phi) is 6.23. The maximum Gasteiger partial charge on any atom is 0.338 e. The Labute approximate surface area is 143 Å². The molecule has 1 rings (SSSR count). The first-order valence-corrected chi connectivity index (χ1v) is 7.93. The van der Waals surface area contributed by atoms with Crippen LogP contribution >= 0.6 is 0 Å². The molecular weight excluding hydrogens is 310 g/mol. The summed E-state index contributed by atoms with van der Waals surface area (Å²) < 4.78 is 11.2. The van der Waals surface area contributed by atoms with E-state index in [1.54, 1.807) is 45.9 Å². The van der Waals surface area contributed by atoms with Crippen LogP contribution in [0.1, 0.15) is 65.2 Å². The molecule has 0 saturated carbocycles. The molecule has 0 fully saturated rings. The van der Waals surface area contributed by atoms with Gasteiger partial charge in [-0.25, -0.2) is 15.1 Å². The van der Waals surface area contributed by atoms with Gasteiger partial charge in [-0.3, -0.25) is 0 Å². The van der Waals surface area contributed by atoms with Gasteiger partial charge in [-0.2, -0.15) is 0 Å². The summed E-state index contributed by atoms with van der Waals surface area (Å²) in [7, 11) is 0. The number of anilines is 1. The molecule has 0 spiro atoms. The van der Waals surface area contributed by atoms with E-state index in [-0.39, 0.29) is 6.42 Å². The third-order valence-electron chi connectivity index (χ3n) is 2.60. The Bertz CT molecular complexity index is 596. The van der Waals surface area contributed by atoms with Gasteiger partial charge in [0.25, 0.3) is 0 Å². The van der Waals surface area contributed by atoms with Crippen LogP contribution in [-0.2, 0) is 14.4 Å². The largest absolute Gasteiger partial charge is 0.486 e. The summed E-state index contributed by atoms with van der Waals surface area (Å²) in [4.78, 5) is 28.5. The third-order valence-corrected chi connectivity index (χ3v) is 2.60. The highest BCUT2D eigenvalue weighted by atomic mass is 16.7. The van der Waals surface area contributed by atoms with Gasteiger partial charge < -0.3 is 14.3 Å². The molecule has 1 aromatic rings. The summed E-state index contributed by atoms with van der Waals surface area (Å²) in [6.45, 7) is 12.8. The first-order chi connectivity index (χ1) is 10.9. The first-order valence-electron chi connectivity index (χ1n) is 7.93. The number of rotatable bonds is 5. The Morgan fingerprint density at radius 2 is 1.67 bits per heavy atom. The number of hydrogen-bond donors (Lipinski definition) is 1. The van der Waals surface area contributed by atoms with Crippen molar-refractivity contribution in [3.05, 3.63) is 23.8 Å². The lowest BCUT2D eigenvalue weighted by molar-refractivity contribution is -0.140. The Hall–Kier alpha value is -2.24. The molecular formula is C18H27NO5. The summed E-state index contributed by atoms with van der Waals surface area (Å²) >= 11 is 0. The molecule has 24 heavy (non-hydrogen) atoms. The van der Waals surface area contributed by atoms with E-state index in [1.807, 2.05) is 20.8 Å². The predicted octanol–water partition coefficient (Wildman–Crippen LogP) is 4.10. The van der Waals surface area contributed by atoms with Crippen LogP contribution in [0.15, 0.2) is 18.2 Å². The molecule has 0 heterocycles. The fourth-order valence-corrected chi connectivity index (χ4v) is 1.67. The maximum atomic E-state index is 12.2. The summed E-state index contributed by atoms with van der Waals surface area (Å²) in [5.74, 6) is -0.443. The molecule has 134 valence electrons. The minimum Gasteiger partial charge on any atom is -0.486 e. The van der Waals surface area contributed by atoms with Crippen molar-refractivity contribution in [2.24, 2.45) is 0 Å². The second-order valence-corrected chi connectivity index (χ2v) is 7.36. The highest BCUT2D eigenvalue weighted by molar-refractivity contribution is 5.91. The zero-order valence-electron chi connectivity index (χ0n) is 15.5. The van der Waals surface area contributed by atoms with E-state index in [0.717, 1.165) is 0 Å². The van der Waals surface area contributed by atoms with Crippen LogP contribution in [0.5, 0.6) is 5.75 Å². The van der Waals surface area contributed by atoms with Crippen molar-refractivity contribution in [3.63, 3.8) is 0 Å². The van der Waals surface area contributed by atoms with Gasteiger partial charge in [0.2, 0.25) is 0 Å². The van der Waals surface area contributed by atoms with Gasteiger partial charge in [0.05, 0.1) is 5.56 Å². The standard InChI is InChI=1S/C18H27NO5/c1-8-15(20)24-19-13-10-9-12(16(21)23-18(5,6)7)11-14(13)22-17(2,3)4/h9-11,19H,8H2,1-7H3. The van der Waals surface area contributed by atoms with E-state index in [4.69, 9.17) is 14.3 Å². The number of nitrogens with one attached hydrogen (secondary N) is 1. The topological polar surface area (TPSA) is 73.9 Å². The number of benzene rings is 1. The predicted molar refractivity (Wildman–Crippen MR) is 92.0 cm³/mol. The van der Waals surface area contributed by atoms with E-state index in [1.165, 1.54) is 0 Å². The molecule has 0 atom stereocenters. The average Bonchev–Trinajstić information content (AvgIpc) is 2.41. The molecule has 0 radical (unpaired) electrons. The van der Waals surface area contributed by atoms with Gasteiger partial charge in [-0.15, -0.1) is 0 Å². The van der Waals surface area contributed by atoms with Crippen molar-refractivity contribution < 1.29 is 23.9 Å². The van der Waals surface area contributed by atoms with Crippen LogP contribution in [0.25, 0.3) is 0 Å². The van der Waals surface area contributed by atoms with Crippen LogP contribution in [0.4, 0.5) is 5.69 Å². The van der Waals surface area contributed by atoms with Crippen LogP contribution in [0.3, 0.4) is 0 Å². The highest BCUT2D eigenvalue weighted by Gasteiger charge is 2.21. The molecule has 6 heteroatoms. The zero-order chi connectivity index (χ0) is 18.5. The van der Waals surface area contributed by atoms with Gasteiger partial charge in [0.15, 0.2) is 0 Å². The molecule has 0 bridgehead atoms. The minimum atomic E-state index is -0.588. The van der Waals surface area contributed by atoms with Crippen molar-refractivity contribution in [1.29, 1.82) is 0 Å². The van der Waals surface area contributed by atoms with Crippen LogP contribution in [-0.4, -0.2) is 23.1 Å². The number of hydrogen-bond acceptors (Lipinski definition) is 6. The Morgan fingerprint density at radius 1 is 1.04 bits per heavy atom. The smallest absolute Gasteiger partial charge is 0.338 e. The fourth-order valence-electron chi connectivity index (χ4n) is 1.67. The van der Waals surface area contributed by atoms with Crippen molar-refractivity contribution in [2.75, 3.05) is 5.48 Å². The summed E-state index contributed by atoms with van der Waals surface area (Å²) in [5.41, 5.74) is 2.31. The van der Waals surface area contributed by atoms with Gasteiger partial charge >= 0.3 is 11.9 Å². The van der Waals surface area contributed by atoms with Gasteiger partial charge in [-0.05, 0) is 59.7 Å². The van der Waals surface area contributed by atoms with Crippen molar-refractivity contribution in [1.82, 2.24) is 0 Å². The molecule has 0 aliphatic heterocycles. The molecule has 0 aromatic heterocycles. The van der Waals surface area contributed by atoms with Crippen molar-refractivity contribution in [2.45, 2.75) is 66.1 Å². The quantitative estimate of drug-likeness (QED) is 0.644. The van der Waals surface area contributed by atoms with Crippen molar-refractivity contribution in [3.8, 4) is 5.75 Å². The third kappa shape index (κ3) is 6.89. The molecule has 0 unspecified atom stereocenters. The van der Waals surface area contributed by atoms with E-state index in [0.29, 0.717) is 17.0 Å². The molecule has 1 N–H and O–H groups in total. The maximum absolute atomic E-state index is 12.2. The van der Waals surface area contributed by atoms with E-state index >= 15 is 0 Å². The van der Waals surface area contributed by atoms with E-state index in [2.05, 4.69) is 5.48 Å². The lowest BCUT2D eigenvalue weighted by Crippen LogP contribution is -2.25. The van der Waals surface area contributed by atoms with E-state index in [9.17, 15) is 9.59 Å². The minimum absolute atomic E-state index is 0.248. The Morgan fingerprint density at radius 3 is 2.17 bits per heavy atom. The summed E-state index contributed by atoms with van der Waals surface area (Å²) in [5, 5.41) is 0. The van der Waals surface area contributed by atoms with Crippen LogP contribution < -0.4 is 10.2 Å². The lowest BCUT2D eigenvalue weighted by atomic mass is 10.1. The zero-order valence-corrected chi connectivity index (χ0v) is 15.5. The number of carbonyl (C=O) groups is 2. The highest BCUT2D eigenvalue weighted by Crippen LogP contribution is 2.30. The number of ether oxygens (including phenoxy) is 2. The fraction of sp³-hybridized carbons (Fsp3) is 0.556. The summed E-state index contributed by atoms with van der Waals surface area (Å²) in [6, 6.07) is 4.77. The average molecular weight is 337 g/mol. The van der Waals surface area contributed by atoms with Gasteiger partial charge in [0.1, 0.15) is 22.6 Å². The molecule has 1 aromatic carbocycles. The molecule has 0 aliphatic rings. The van der Waals surface area contributed by atoms with E-state index < -0.39 is 23.1 Å². The summed E-state index contributed by atoms with van der Waals surface area (Å²) in [6.07, 6.45) is 0.248. The Balaban J connectivity index is 3.08. The van der Waals surface area contributed by atoms with Crippen LogP contribution in [0.2, 0.25) is 0 Å². The van der Waals surface area contributed by atoms with Crippen molar-refractivity contribution >= 4 is 17.6 Å². The normalized spacial score (nSPS) is 11.6.